The van der Waals surface area contributed by atoms with Crippen LogP contribution in [-0.4, -0.2) is 48.6 Å². The Labute approximate surface area is 117 Å². The number of pyridine rings is 1. The van der Waals surface area contributed by atoms with Crippen LogP contribution in [0.25, 0.3) is 0 Å². The number of ether oxygens (including phenoxy) is 1. The SMILES string of the molecule is CCNc1cc(C(=O)N2CCC(OC)C2)cc(Cl)n1. The molecule has 19 heavy (non-hydrogen) atoms. The van der Waals surface area contributed by atoms with Crippen LogP contribution in [0.1, 0.15) is 23.7 Å². The molecule has 1 aromatic heterocycles. The molecule has 2 rings (SSSR count). The van der Waals surface area contributed by atoms with Crippen molar-refractivity contribution in [2.75, 3.05) is 32.1 Å². The van der Waals surface area contributed by atoms with Crippen molar-refractivity contribution in [1.29, 1.82) is 0 Å². The predicted octanol–water partition coefficient (Wildman–Crippen LogP) is 2.03. The number of anilines is 1. The molecule has 1 amide bonds. The molecule has 0 saturated carbocycles. The standard InChI is InChI=1S/C13H18ClN3O2/c1-3-15-12-7-9(6-11(14)16-12)13(18)17-5-4-10(8-17)19-2/h6-7,10H,3-5,8H2,1-2H3,(H,15,16). The zero-order chi connectivity index (χ0) is 13.8. The van der Waals surface area contributed by atoms with E-state index < -0.39 is 0 Å². The molecule has 1 atom stereocenters. The lowest BCUT2D eigenvalue weighted by Crippen LogP contribution is -2.30. The second kappa shape index (κ2) is 6.21. The average molecular weight is 284 g/mol. The van der Waals surface area contributed by atoms with Gasteiger partial charge in [-0.2, -0.15) is 0 Å². The summed E-state index contributed by atoms with van der Waals surface area (Å²) in [6.45, 7) is 4.05. The molecule has 104 valence electrons. The minimum atomic E-state index is -0.0250. The highest BCUT2D eigenvalue weighted by atomic mass is 35.5. The number of methoxy groups -OCH3 is 1. The van der Waals surface area contributed by atoms with Gasteiger partial charge in [-0.3, -0.25) is 4.79 Å². The summed E-state index contributed by atoms with van der Waals surface area (Å²) in [6.07, 6.45) is 1.01. The molecular formula is C13H18ClN3O2. The van der Waals surface area contributed by atoms with Crippen molar-refractivity contribution in [1.82, 2.24) is 9.88 Å². The van der Waals surface area contributed by atoms with E-state index in [4.69, 9.17) is 16.3 Å². The van der Waals surface area contributed by atoms with Crippen LogP contribution < -0.4 is 5.32 Å². The van der Waals surface area contributed by atoms with Crippen LogP contribution in [-0.2, 0) is 4.74 Å². The first-order chi connectivity index (χ1) is 9.13. The summed E-state index contributed by atoms with van der Waals surface area (Å²) in [5, 5.41) is 3.39. The predicted molar refractivity (Wildman–Crippen MR) is 74.7 cm³/mol. The number of halogens is 1. The van der Waals surface area contributed by atoms with Crippen LogP contribution in [0.5, 0.6) is 0 Å². The number of carbonyl (C=O) groups excluding carboxylic acids is 1. The highest BCUT2D eigenvalue weighted by Gasteiger charge is 2.27. The van der Waals surface area contributed by atoms with Gasteiger partial charge >= 0.3 is 0 Å². The minimum Gasteiger partial charge on any atom is -0.380 e. The highest BCUT2D eigenvalue weighted by Crippen LogP contribution is 2.19. The van der Waals surface area contributed by atoms with Crippen LogP contribution in [0.15, 0.2) is 12.1 Å². The van der Waals surface area contributed by atoms with Gasteiger partial charge in [-0.25, -0.2) is 4.98 Å². The third-order valence-corrected chi connectivity index (χ3v) is 3.36. The number of hydrogen-bond donors (Lipinski definition) is 1. The molecule has 6 heteroatoms. The Balaban J connectivity index is 2.14. The molecule has 1 saturated heterocycles. The van der Waals surface area contributed by atoms with E-state index in [-0.39, 0.29) is 12.0 Å². The third-order valence-electron chi connectivity index (χ3n) is 3.16. The van der Waals surface area contributed by atoms with Crippen molar-refractivity contribution in [3.8, 4) is 0 Å². The van der Waals surface area contributed by atoms with E-state index in [1.165, 1.54) is 0 Å². The molecule has 0 aromatic carbocycles. The number of nitrogens with one attached hydrogen (secondary N) is 1. The van der Waals surface area contributed by atoms with Crippen LogP contribution >= 0.6 is 11.6 Å². The van der Waals surface area contributed by atoms with E-state index in [0.717, 1.165) is 13.0 Å². The Morgan fingerprint density at radius 2 is 2.42 bits per heavy atom. The van der Waals surface area contributed by atoms with Gasteiger partial charge in [0.1, 0.15) is 11.0 Å². The van der Waals surface area contributed by atoms with Gasteiger partial charge in [-0.05, 0) is 25.5 Å². The Morgan fingerprint density at radius 1 is 1.63 bits per heavy atom. The Hall–Kier alpha value is -1.33. The first-order valence-corrected chi connectivity index (χ1v) is 6.75. The largest absolute Gasteiger partial charge is 0.380 e. The van der Waals surface area contributed by atoms with E-state index in [1.54, 1.807) is 24.1 Å². The first kappa shape index (κ1) is 14.1. The number of carbonyl (C=O) groups is 1. The Bertz CT molecular complexity index is 467. The summed E-state index contributed by atoms with van der Waals surface area (Å²) in [5.74, 6) is 0.601. The Kier molecular flexibility index (Phi) is 4.61. The summed E-state index contributed by atoms with van der Waals surface area (Å²) >= 11 is 5.95. The van der Waals surface area contributed by atoms with Crippen LogP contribution in [0.3, 0.4) is 0 Å². The van der Waals surface area contributed by atoms with Gasteiger partial charge in [-0.15, -0.1) is 0 Å². The fourth-order valence-corrected chi connectivity index (χ4v) is 2.39. The fraction of sp³-hybridized carbons (Fsp3) is 0.538. The summed E-state index contributed by atoms with van der Waals surface area (Å²) in [6, 6.07) is 3.34. The zero-order valence-electron chi connectivity index (χ0n) is 11.1. The normalized spacial score (nSPS) is 18.7. The number of likely N-dealkylation sites (tertiary alicyclic amines) is 1. The van der Waals surface area contributed by atoms with Crippen molar-refractivity contribution in [2.45, 2.75) is 19.4 Å². The van der Waals surface area contributed by atoms with Gasteiger partial charge in [-0.1, -0.05) is 11.6 Å². The quantitative estimate of drug-likeness (QED) is 0.859. The van der Waals surface area contributed by atoms with Gasteiger partial charge < -0.3 is 15.0 Å². The van der Waals surface area contributed by atoms with Crippen molar-refractivity contribution >= 4 is 23.3 Å². The number of hydrogen-bond acceptors (Lipinski definition) is 4. The van der Waals surface area contributed by atoms with Crippen LogP contribution in [0, 0.1) is 0 Å². The van der Waals surface area contributed by atoms with Crippen molar-refractivity contribution in [3.05, 3.63) is 22.8 Å². The van der Waals surface area contributed by atoms with E-state index in [2.05, 4.69) is 10.3 Å². The highest BCUT2D eigenvalue weighted by molar-refractivity contribution is 6.29. The van der Waals surface area contributed by atoms with E-state index in [9.17, 15) is 4.79 Å². The smallest absolute Gasteiger partial charge is 0.254 e. The molecule has 1 unspecified atom stereocenters. The summed E-state index contributed by atoms with van der Waals surface area (Å²) in [7, 11) is 1.67. The number of aromatic nitrogens is 1. The maximum absolute atomic E-state index is 12.4. The van der Waals surface area contributed by atoms with Crippen molar-refractivity contribution in [3.63, 3.8) is 0 Å². The maximum Gasteiger partial charge on any atom is 0.254 e. The van der Waals surface area contributed by atoms with Gasteiger partial charge in [0.25, 0.3) is 5.91 Å². The summed E-state index contributed by atoms with van der Waals surface area (Å²) < 4.78 is 5.27. The monoisotopic (exact) mass is 283 g/mol. The van der Waals surface area contributed by atoms with Crippen LogP contribution in [0.2, 0.25) is 5.15 Å². The molecule has 0 spiro atoms. The number of nitrogens with zero attached hydrogens (tertiary/aromatic N) is 2. The molecule has 0 bridgehead atoms. The lowest BCUT2D eigenvalue weighted by molar-refractivity contribution is 0.0724. The fourth-order valence-electron chi connectivity index (χ4n) is 2.18. The van der Waals surface area contributed by atoms with E-state index in [0.29, 0.717) is 29.6 Å². The molecular weight excluding hydrogens is 266 g/mol. The van der Waals surface area contributed by atoms with Crippen molar-refractivity contribution < 1.29 is 9.53 Å². The average Bonchev–Trinajstić information content (AvgIpc) is 2.86. The number of rotatable bonds is 4. The molecule has 0 radical (unpaired) electrons. The van der Waals surface area contributed by atoms with Gasteiger partial charge in [0.2, 0.25) is 0 Å². The van der Waals surface area contributed by atoms with Gasteiger partial charge in [0, 0.05) is 32.3 Å². The minimum absolute atomic E-state index is 0.0250. The molecule has 1 aromatic rings. The van der Waals surface area contributed by atoms with Gasteiger partial charge in [0.15, 0.2) is 0 Å². The molecule has 1 N–H and O–H groups in total. The lowest BCUT2D eigenvalue weighted by atomic mass is 10.2. The van der Waals surface area contributed by atoms with Crippen molar-refractivity contribution in [2.24, 2.45) is 0 Å². The van der Waals surface area contributed by atoms with Gasteiger partial charge in [0.05, 0.1) is 6.10 Å². The zero-order valence-corrected chi connectivity index (χ0v) is 11.9. The molecule has 1 fully saturated rings. The Morgan fingerprint density at radius 3 is 3.05 bits per heavy atom. The number of amides is 1. The maximum atomic E-state index is 12.4. The molecule has 1 aliphatic heterocycles. The molecule has 2 heterocycles. The second-order valence-corrected chi connectivity index (χ2v) is 4.88. The lowest BCUT2D eigenvalue weighted by Gasteiger charge is -2.16. The molecule has 0 aliphatic carbocycles. The topological polar surface area (TPSA) is 54.5 Å². The first-order valence-electron chi connectivity index (χ1n) is 6.37. The van der Waals surface area contributed by atoms with E-state index >= 15 is 0 Å². The van der Waals surface area contributed by atoms with E-state index in [1.807, 2.05) is 6.92 Å². The molecule has 5 nitrogen and oxygen atoms in total. The summed E-state index contributed by atoms with van der Waals surface area (Å²) in [5.41, 5.74) is 0.563. The molecule has 1 aliphatic rings. The van der Waals surface area contributed by atoms with Crippen LogP contribution in [0.4, 0.5) is 5.82 Å². The summed E-state index contributed by atoms with van der Waals surface area (Å²) in [4.78, 5) is 18.3. The second-order valence-electron chi connectivity index (χ2n) is 4.49. The third kappa shape index (κ3) is 3.36.